The Morgan fingerprint density at radius 3 is 2.88 bits per heavy atom. The number of hydrogen-bond acceptors (Lipinski definition) is 1. The highest BCUT2D eigenvalue weighted by molar-refractivity contribution is 6.31. The molecule has 2 heteroatoms. The molecule has 0 aromatic rings. The van der Waals surface area contributed by atoms with Crippen LogP contribution in [0.3, 0.4) is 0 Å². The molecule has 0 aromatic carbocycles. The van der Waals surface area contributed by atoms with Crippen LogP contribution in [-0.4, -0.2) is 6.54 Å². The van der Waals surface area contributed by atoms with E-state index in [0.717, 1.165) is 17.3 Å². The summed E-state index contributed by atoms with van der Waals surface area (Å²) in [7, 11) is 0. The molecule has 44 valence electrons. The van der Waals surface area contributed by atoms with Crippen LogP contribution in [0.15, 0.2) is 22.9 Å². The van der Waals surface area contributed by atoms with Crippen molar-refractivity contribution in [1.29, 1.82) is 0 Å². The normalized spacial score (nSPS) is 18.8. The first-order valence-electron chi connectivity index (χ1n) is 2.57. The van der Waals surface area contributed by atoms with Crippen LogP contribution in [0, 0.1) is 0 Å². The standard InChI is InChI=1S/C6H8ClN/c1-5-4-6(7)2-3-8-5/h2,4,8H,3H2,1H3. The van der Waals surface area contributed by atoms with Gasteiger partial charge in [-0.15, -0.1) is 0 Å². The zero-order valence-electron chi connectivity index (χ0n) is 4.74. The minimum absolute atomic E-state index is 0.834. The molecule has 0 bridgehead atoms. The molecule has 1 N–H and O–H groups in total. The Bertz CT molecular complexity index is 147. The maximum atomic E-state index is 5.66. The predicted octanol–water partition coefficient (Wildman–Crippen LogP) is 1.62. The predicted molar refractivity (Wildman–Crippen MR) is 35.7 cm³/mol. The number of nitrogens with one attached hydrogen (secondary N) is 1. The van der Waals surface area contributed by atoms with Crippen molar-refractivity contribution < 1.29 is 0 Å². The summed E-state index contributed by atoms with van der Waals surface area (Å²) in [6.07, 6.45) is 3.85. The summed E-state index contributed by atoms with van der Waals surface area (Å²) >= 11 is 5.66. The first kappa shape index (κ1) is 5.70. The van der Waals surface area contributed by atoms with Crippen molar-refractivity contribution in [2.45, 2.75) is 6.92 Å². The molecule has 0 fully saturated rings. The molecular weight excluding hydrogens is 122 g/mol. The van der Waals surface area contributed by atoms with E-state index in [-0.39, 0.29) is 0 Å². The molecule has 0 radical (unpaired) electrons. The van der Waals surface area contributed by atoms with Gasteiger partial charge in [0.2, 0.25) is 0 Å². The first-order valence-corrected chi connectivity index (χ1v) is 2.94. The molecule has 1 nitrogen and oxygen atoms in total. The lowest BCUT2D eigenvalue weighted by Crippen LogP contribution is -2.13. The molecule has 8 heavy (non-hydrogen) atoms. The molecule has 0 spiro atoms. The zero-order valence-corrected chi connectivity index (χ0v) is 5.50. The van der Waals surface area contributed by atoms with Crippen LogP contribution >= 0.6 is 11.6 Å². The summed E-state index contributed by atoms with van der Waals surface area (Å²) in [5.74, 6) is 0. The van der Waals surface area contributed by atoms with Crippen LogP contribution < -0.4 is 5.32 Å². The number of rotatable bonds is 0. The fraction of sp³-hybridized carbons (Fsp3) is 0.333. The fourth-order valence-electron chi connectivity index (χ4n) is 0.626. The van der Waals surface area contributed by atoms with Crippen molar-refractivity contribution in [3.63, 3.8) is 0 Å². The van der Waals surface area contributed by atoms with Crippen LogP contribution in [0.1, 0.15) is 6.92 Å². The second kappa shape index (κ2) is 2.23. The maximum absolute atomic E-state index is 5.66. The summed E-state index contributed by atoms with van der Waals surface area (Å²) < 4.78 is 0. The lowest BCUT2D eigenvalue weighted by molar-refractivity contribution is 0.888. The van der Waals surface area contributed by atoms with Crippen LogP contribution in [0.5, 0.6) is 0 Å². The van der Waals surface area contributed by atoms with E-state index in [1.807, 2.05) is 19.1 Å². The van der Waals surface area contributed by atoms with Crippen LogP contribution in [0.2, 0.25) is 0 Å². The van der Waals surface area contributed by atoms with Gasteiger partial charge in [-0.05, 0) is 19.1 Å². The second-order valence-corrected chi connectivity index (χ2v) is 2.23. The molecule has 0 atom stereocenters. The Balaban J connectivity index is 2.69. The summed E-state index contributed by atoms with van der Waals surface area (Å²) in [6, 6.07) is 0. The van der Waals surface area contributed by atoms with Gasteiger partial charge in [0.15, 0.2) is 0 Å². The second-order valence-electron chi connectivity index (χ2n) is 1.80. The van der Waals surface area contributed by atoms with Gasteiger partial charge in [0.05, 0.1) is 0 Å². The lowest BCUT2D eigenvalue weighted by Gasteiger charge is -2.07. The molecule has 1 aliphatic rings. The van der Waals surface area contributed by atoms with E-state index in [2.05, 4.69) is 5.32 Å². The molecular formula is C6H8ClN. The SMILES string of the molecule is CC1=CC(Cl)=CCN1. The van der Waals surface area contributed by atoms with E-state index >= 15 is 0 Å². The van der Waals surface area contributed by atoms with Crippen molar-refractivity contribution >= 4 is 11.6 Å². The Kier molecular flexibility index (Phi) is 1.59. The highest BCUT2D eigenvalue weighted by Gasteiger charge is 1.94. The van der Waals surface area contributed by atoms with Gasteiger partial charge in [-0.1, -0.05) is 11.6 Å². The van der Waals surface area contributed by atoms with E-state index in [4.69, 9.17) is 11.6 Å². The number of allylic oxidation sites excluding steroid dienone is 3. The third kappa shape index (κ3) is 1.27. The van der Waals surface area contributed by atoms with Gasteiger partial charge in [0.1, 0.15) is 0 Å². The monoisotopic (exact) mass is 129 g/mol. The molecule has 1 rings (SSSR count). The molecule has 0 amide bonds. The minimum atomic E-state index is 0.834. The Morgan fingerprint density at radius 2 is 2.50 bits per heavy atom. The molecule has 1 heterocycles. The van der Waals surface area contributed by atoms with Gasteiger partial charge in [0.25, 0.3) is 0 Å². The molecule has 0 saturated carbocycles. The van der Waals surface area contributed by atoms with Gasteiger partial charge >= 0.3 is 0 Å². The molecule has 1 aliphatic heterocycles. The largest absolute Gasteiger partial charge is 0.385 e. The lowest BCUT2D eigenvalue weighted by atomic mass is 10.3. The third-order valence-corrected chi connectivity index (χ3v) is 1.30. The topological polar surface area (TPSA) is 12.0 Å². The van der Waals surface area contributed by atoms with Gasteiger partial charge in [-0.3, -0.25) is 0 Å². The van der Waals surface area contributed by atoms with Crippen molar-refractivity contribution in [1.82, 2.24) is 5.32 Å². The van der Waals surface area contributed by atoms with E-state index in [1.54, 1.807) is 0 Å². The highest BCUT2D eigenvalue weighted by Crippen LogP contribution is 2.08. The quantitative estimate of drug-likeness (QED) is 0.524. The van der Waals surface area contributed by atoms with Crippen LogP contribution in [0.4, 0.5) is 0 Å². The summed E-state index contributed by atoms with van der Waals surface area (Å²) in [4.78, 5) is 0. The van der Waals surface area contributed by atoms with Gasteiger partial charge in [-0.2, -0.15) is 0 Å². The average molecular weight is 130 g/mol. The van der Waals surface area contributed by atoms with Gasteiger partial charge < -0.3 is 5.32 Å². The van der Waals surface area contributed by atoms with E-state index < -0.39 is 0 Å². The van der Waals surface area contributed by atoms with Crippen molar-refractivity contribution in [3.8, 4) is 0 Å². The number of dihydropyridines is 1. The van der Waals surface area contributed by atoms with Crippen LogP contribution in [-0.2, 0) is 0 Å². The third-order valence-electron chi connectivity index (χ3n) is 1.03. The Morgan fingerprint density at radius 1 is 1.75 bits per heavy atom. The number of hydrogen-bond donors (Lipinski definition) is 1. The van der Waals surface area contributed by atoms with Crippen molar-refractivity contribution in [2.24, 2.45) is 0 Å². The van der Waals surface area contributed by atoms with E-state index in [9.17, 15) is 0 Å². The Hall–Kier alpha value is -0.430. The minimum Gasteiger partial charge on any atom is -0.385 e. The molecule has 0 aliphatic carbocycles. The highest BCUT2D eigenvalue weighted by atomic mass is 35.5. The van der Waals surface area contributed by atoms with E-state index in [0.29, 0.717) is 0 Å². The smallest absolute Gasteiger partial charge is 0.0400 e. The average Bonchev–Trinajstić information content (AvgIpc) is 1.64. The fourth-order valence-corrected chi connectivity index (χ4v) is 0.867. The number of halogens is 1. The van der Waals surface area contributed by atoms with Crippen molar-refractivity contribution in [2.75, 3.05) is 6.54 Å². The van der Waals surface area contributed by atoms with E-state index in [1.165, 1.54) is 0 Å². The maximum Gasteiger partial charge on any atom is 0.0400 e. The molecule has 0 aromatic heterocycles. The van der Waals surface area contributed by atoms with Gasteiger partial charge in [-0.25, -0.2) is 0 Å². The van der Waals surface area contributed by atoms with Crippen LogP contribution in [0.25, 0.3) is 0 Å². The summed E-state index contributed by atoms with van der Waals surface area (Å²) in [5, 5.41) is 3.95. The zero-order chi connectivity index (χ0) is 5.98. The first-order chi connectivity index (χ1) is 3.79. The molecule has 0 saturated heterocycles. The summed E-state index contributed by atoms with van der Waals surface area (Å²) in [6.45, 7) is 2.86. The van der Waals surface area contributed by atoms with Crippen molar-refractivity contribution in [3.05, 3.63) is 22.9 Å². The molecule has 0 unspecified atom stereocenters. The summed E-state index contributed by atoms with van der Waals surface area (Å²) in [5.41, 5.74) is 1.14. The van der Waals surface area contributed by atoms with Gasteiger partial charge in [0, 0.05) is 17.3 Å². The Labute approximate surface area is 54.0 Å².